The van der Waals surface area contributed by atoms with Crippen molar-refractivity contribution in [2.45, 2.75) is 97.7 Å². The van der Waals surface area contributed by atoms with E-state index < -0.39 is 11.8 Å². The molecule has 0 unspecified atom stereocenters. The van der Waals surface area contributed by atoms with E-state index in [4.69, 9.17) is 5.11 Å². The van der Waals surface area contributed by atoms with Gasteiger partial charge in [0, 0.05) is 19.3 Å². The van der Waals surface area contributed by atoms with Crippen LogP contribution in [0.1, 0.15) is 91.9 Å². The van der Waals surface area contributed by atoms with Gasteiger partial charge in [0.05, 0.1) is 0 Å². The maximum absolute atomic E-state index is 11.1. The second-order valence-electron chi connectivity index (χ2n) is 12.0. The normalized spacial score (nSPS) is 49.6. The van der Waals surface area contributed by atoms with Gasteiger partial charge in [-0.15, -0.1) is 0 Å². The Morgan fingerprint density at radius 2 is 1.69 bits per heavy atom. The van der Waals surface area contributed by atoms with E-state index >= 15 is 0 Å². The zero-order chi connectivity index (χ0) is 21.2. The van der Waals surface area contributed by atoms with Gasteiger partial charge in [0.15, 0.2) is 5.79 Å². The quantitative estimate of drug-likeness (QED) is 0.569. The van der Waals surface area contributed by atoms with Crippen molar-refractivity contribution in [1.29, 1.82) is 0 Å². The van der Waals surface area contributed by atoms with Crippen molar-refractivity contribution in [3.8, 4) is 0 Å². The van der Waals surface area contributed by atoms with Crippen LogP contribution < -0.4 is 0 Å². The Morgan fingerprint density at radius 3 is 2.38 bits per heavy atom. The molecule has 4 saturated carbocycles. The first kappa shape index (κ1) is 21.6. The third-order valence-corrected chi connectivity index (χ3v) is 10.6. The molecule has 4 aliphatic carbocycles. The summed E-state index contributed by atoms with van der Waals surface area (Å²) in [5, 5.41) is 29.8. The second-order valence-corrected chi connectivity index (χ2v) is 12.0. The molecule has 0 aromatic rings. The zero-order valence-electron chi connectivity index (χ0n) is 18.9. The summed E-state index contributed by atoms with van der Waals surface area (Å²) in [7, 11) is 0. The maximum atomic E-state index is 11.1. The van der Waals surface area contributed by atoms with Gasteiger partial charge in [-0.25, -0.2) is 0 Å². The van der Waals surface area contributed by atoms with Gasteiger partial charge in [0.25, 0.3) is 0 Å². The van der Waals surface area contributed by atoms with Crippen molar-refractivity contribution >= 4 is 5.97 Å². The number of carboxylic acids is 1. The Morgan fingerprint density at radius 1 is 1.00 bits per heavy atom. The molecule has 0 aromatic carbocycles. The van der Waals surface area contributed by atoms with Crippen molar-refractivity contribution in [3.63, 3.8) is 0 Å². The highest BCUT2D eigenvalue weighted by Gasteiger charge is 2.62. The van der Waals surface area contributed by atoms with E-state index in [9.17, 15) is 15.0 Å². The van der Waals surface area contributed by atoms with Crippen LogP contribution in [0.4, 0.5) is 0 Å². The summed E-state index contributed by atoms with van der Waals surface area (Å²) in [6.45, 7) is 9.63. The lowest BCUT2D eigenvalue weighted by Crippen LogP contribution is -2.58. The van der Waals surface area contributed by atoms with Crippen LogP contribution in [-0.2, 0) is 4.79 Å². The lowest BCUT2D eigenvalue weighted by Gasteiger charge is -2.63. The number of rotatable bonds is 4. The van der Waals surface area contributed by atoms with E-state index in [0.29, 0.717) is 54.3 Å². The summed E-state index contributed by atoms with van der Waals surface area (Å²) in [6.07, 6.45) is 9.44. The molecule has 0 radical (unpaired) electrons. The minimum absolute atomic E-state index is 0.242. The Kier molecular flexibility index (Phi) is 5.38. The first-order chi connectivity index (χ1) is 13.5. The molecule has 0 heterocycles. The van der Waals surface area contributed by atoms with Crippen LogP contribution in [-0.4, -0.2) is 27.1 Å². The van der Waals surface area contributed by atoms with Crippen molar-refractivity contribution in [2.75, 3.05) is 0 Å². The van der Waals surface area contributed by atoms with E-state index in [0.717, 1.165) is 24.7 Å². The van der Waals surface area contributed by atoms with Gasteiger partial charge in [-0.3, -0.25) is 4.79 Å². The molecule has 9 atom stereocenters. The van der Waals surface area contributed by atoms with Crippen molar-refractivity contribution < 1.29 is 20.1 Å². The molecule has 0 bridgehead atoms. The third-order valence-electron chi connectivity index (χ3n) is 10.6. The standard InChI is InChI=1S/C25H42O4/c1-15(5-8-22(26)27)18-6-7-19-17-13-16(2)21-14-25(28,29)12-11-24(21,4)20(17)9-10-23(18,19)3/h15-21,28-29H,5-14H2,1-4H3,(H,26,27)/t15-,16-,17+,18-,19+,20+,21+,23-,24-/m1/s1. The third kappa shape index (κ3) is 3.46. The van der Waals surface area contributed by atoms with Gasteiger partial charge in [-0.1, -0.05) is 27.7 Å². The van der Waals surface area contributed by atoms with Crippen molar-refractivity contribution in [1.82, 2.24) is 0 Å². The highest BCUT2D eigenvalue weighted by Crippen LogP contribution is 2.69. The number of carbonyl (C=O) groups is 1. The van der Waals surface area contributed by atoms with Crippen LogP contribution in [0, 0.1) is 52.3 Å². The van der Waals surface area contributed by atoms with Gasteiger partial charge in [-0.05, 0) is 97.2 Å². The molecule has 0 aromatic heterocycles. The van der Waals surface area contributed by atoms with Crippen LogP contribution in [0.25, 0.3) is 0 Å². The molecule has 4 heteroatoms. The average Bonchev–Trinajstić information content (AvgIpc) is 2.99. The topological polar surface area (TPSA) is 77.8 Å². The van der Waals surface area contributed by atoms with Gasteiger partial charge in [0.1, 0.15) is 0 Å². The predicted octanol–water partition coefficient (Wildman–Crippen LogP) is 5.07. The number of hydrogen-bond donors (Lipinski definition) is 3. The van der Waals surface area contributed by atoms with Crippen LogP contribution >= 0.6 is 0 Å². The number of carboxylic acid groups (broad SMARTS) is 1. The van der Waals surface area contributed by atoms with Gasteiger partial charge >= 0.3 is 5.97 Å². The second kappa shape index (κ2) is 7.22. The number of hydrogen-bond acceptors (Lipinski definition) is 3. The van der Waals surface area contributed by atoms with Gasteiger partial charge < -0.3 is 15.3 Å². The van der Waals surface area contributed by atoms with E-state index in [2.05, 4.69) is 27.7 Å². The highest BCUT2D eigenvalue weighted by molar-refractivity contribution is 5.66. The first-order valence-corrected chi connectivity index (χ1v) is 12.1. The molecule has 0 amide bonds. The fourth-order valence-corrected chi connectivity index (χ4v) is 9.21. The van der Waals surface area contributed by atoms with Crippen LogP contribution in [0.3, 0.4) is 0 Å². The maximum Gasteiger partial charge on any atom is 0.303 e. The van der Waals surface area contributed by atoms with E-state index in [1.807, 2.05) is 0 Å². The van der Waals surface area contributed by atoms with E-state index in [-0.39, 0.29) is 5.41 Å². The molecule has 0 spiro atoms. The zero-order valence-corrected chi connectivity index (χ0v) is 18.9. The molecule has 4 nitrogen and oxygen atoms in total. The molecule has 166 valence electrons. The molecular weight excluding hydrogens is 364 g/mol. The molecule has 3 N–H and O–H groups in total. The van der Waals surface area contributed by atoms with E-state index in [1.54, 1.807) is 0 Å². The predicted molar refractivity (Wildman–Crippen MR) is 113 cm³/mol. The summed E-state index contributed by atoms with van der Waals surface area (Å²) in [4.78, 5) is 11.1. The van der Waals surface area contributed by atoms with Crippen LogP contribution in [0.5, 0.6) is 0 Å². The lowest BCUT2D eigenvalue weighted by atomic mass is 9.42. The summed E-state index contributed by atoms with van der Waals surface area (Å²) in [6, 6.07) is 0. The number of aliphatic hydroxyl groups is 2. The average molecular weight is 407 g/mol. The Labute approximate surface area is 176 Å². The SMILES string of the molecule is C[C@H](CCC(=O)O)[C@H]1CC[C@H]2[C@@H]3C[C@@H](C)[C@@H]4CC(O)(O)CC[C@]4(C)[C@H]3CC[C@]12C. The molecule has 4 aliphatic rings. The van der Waals surface area contributed by atoms with Gasteiger partial charge in [-0.2, -0.15) is 0 Å². The van der Waals surface area contributed by atoms with Gasteiger partial charge in [0.2, 0.25) is 0 Å². The Bertz CT molecular complexity index is 645. The Balaban J connectivity index is 1.55. The van der Waals surface area contributed by atoms with Crippen molar-refractivity contribution in [2.24, 2.45) is 52.3 Å². The molecule has 0 aliphatic heterocycles. The van der Waals surface area contributed by atoms with E-state index in [1.165, 1.54) is 32.1 Å². The Hall–Kier alpha value is -0.610. The smallest absolute Gasteiger partial charge is 0.303 e. The monoisotopic (exact) mass is 406 g/mol. The van der Waals surface area contributed by atoms with Crippen LogP contribution in [0.15, 0.2) is 0 Å². The van der Waals surface area contributed by atoms with Crippen molar-refractivity contribution in [3.05, 3.63) is 0 Å². The molecular formula is C25H42O4. The largest absolute Gasteiger partial charge is 0.481 e. The number of aliphatic carboxylic acids is 1. The van der Waals surface area contributed by atoms with Crippen LogP contribution in [0.2, 0.25) is 0 Å². The first-order valence-electron chi connectivity index (χ1n) is 12.1. The summed E-state index contributed by atoms with van der Waals surface area (Å²) >= 11 is 0. The fourth-order valence-electron chi connectivity index (χ4n) is 9.21. The lowest BCUT2D eigenvalue weighted by molar-refractivity contribution is -0.242. The highest BCUT2D eigenvalue weighted by atomic mass is 16.5. The molecule has 4 fully saturated rings. The minimum Gasteiger partial charge on any atom is -0.481 e. The minimum atomic E-state index is -1.47. The summed E-state index contributed by atoms with van der Waals surface area (Å²) in [5.74, 6) is 2.21. The molecule has 29 heavy (non-hydrogen) atoms. The number of fused-ring (bicyclic) bond motifs is 5. The summed E-state index contributed by atoms with van der Waals surface area (Å²) < 4.78 is 0. The molecule has 4 rings (SSSR count). The molecule has 0 saturated heterocycles. The summed E-state index contributed by atoms with van der Waals surface area (Å²) in [5.41, 5.74) is 0.597. The fraction of sp³-hybridized carbons (Fsp3) is 0.960.